The van der Waals surface area contributed by atoms with Gasteiger partial charge in [-0.2, -0.15) is 8.42 Å². The molecule has 3 aliphatic rings. The number of nitrogens with two attached hydrogens (primary N) is 2. The van der Waals surface area contributed by atoms with Crippen molar-refractivity contribution >= 4 is 33.3 Å². The maximum atomic E-state index is 12.8. The van der Waals surface area contributed by atoms with Crippen LogP contribution in [0.25, 0.3) is 0 Å². The van der Waals surface area contributed by atoms with Gasteiger partial charge in [0.2, 0.25) is 11.8 Å². The second-order valence-electron chi connectivity index (χ2n) is 14.5. The van der Waals surface area contributed by atoms with Gasteiger partial charge in [0.25, 0.3) is 10.1 Å². The molecule has 0 aromatic heterocycles. The third-order valence-corrected chi connectivity index (χ3v) is 11.6. The second-order valence-corrected chi connectivity index (χ2v) is 15.9. The minimum atomic E-state index is -4.58. The van der Waals surface area contributed by atoms with Gasteiger partial charge in [0.05, 0.1) is 16.6 Å². The monoisotopic (exact) mass is 736 g/mol. The van der Waals surface area contributed by atoms with Crippen molar-refractivity contribution in [3.8, 4) is 0 Å². The summed E-state index contributed by atoms with van der Waals surface area (Å²) in [6, 6.07) is 18.7. The molecular weight excluding hydrogens is 689 g/mol. The molecule has 2 amide bonds. The quantitative estimate of drug-likeness (QED) is 0.179. The third kappa shape index (κ3) is 7.60. The number of allylic oxidation sites excluding steroid dienone is 3. The molecule has 3 aromatic rings. The van der Waals surface area contributed by atoms with Crippen LogP contribution < -0.4 is 21.3 Å². The standard InChI is InChI=1S/C42H48N4O6S/c1-26-10-8-11-27(2)40(26)45(22-20-37(43)47)30-16-18-32-35(24-30)52-42(5)25-31(46(23-21-38(44)48)41-28(3)12-9-13-29(41)4)17-19-34(42)39(32)33-14-6-7-15-36(33)53(49,50)51/h6-19,24,32,35,39H,20-23,25H2,1-5H3,(H2,43,47)(H2,44,48)(H,49,50,51). The van der Waals surface area contributed by atoms with Crippen molar-refractivity contribution in [1.29, 1.82) is 0 Å². The molecule has 3 aromatic carbocycles. The summed E-state index contributed by atoms with van der Waals surface area (Å²) in [6.45, 7) is 10.9. The topological polar surface area (TPSA) is 156 Å². The predicted octanol–water partition coefficient (Wildman–Crippen LogP) is 6.46. The number of ether oxygens (including phenoxy) is 1. The Kier molecular flexibility index (Phi) is 10.6. The number of benzene rings is 3. The van der Waals surface area contributed by atoms with Gasteiger partial charge >= 0.3 is 0 Å². The van der Waals surface area contributed by atoms with E-state index in [0.717, 1.165) is 50.6 Å². The van der Waals surface area contributed by atoms with E-state index in [4.69, 9.17) is 16.2 Å². The lowest BCUT2D eigenvalue weighted by atomic mass is 9.66. The van der Waals surface area contributed by atoms with E-state index in [1.54, 1.807) is 18.2 Å². The highest BCUT2D eigenvalue weighted by Gasteiger charge is 2.51. The number of anilines is 2. The molecule has 0 spiro atoms. The van der Waals surface area contributed by atoms with Crippen LogP contribution in [-0.2, 0) is 24.4 Å². The van der Waals surface area contributed by atoms with Crippen LogP contribution in [0.5, 0.6) is 0 Å². The number of fused-ring (bicyclic) bond motifs is 2. The maximum Gasteiger partial charge on any atom is 0.294 e. The number of aryl methyl sites for hydroxylation is 4. The fraction of sp³-hybridized carbons (Fsp3) is 0.333. The van der Waals surface area contributed by atoms with E-state index in [0.29, 0.717) is 25.1 Å². The van der Waals surface area contributed by atoms with Crippen LogP contribution in [0.3, 0.4) is 0 Å². The minimum Gasteiger partial charge on any atom is -0.370 e. The number of hydrogen-bond donors (Lipinski definition) is 3. The molecule has 10 nitrogen and oxygen atoms in total. The summed E-state index contributed by atoms with van der Waals surface area (Å²) < 4.78 is 43.3. The van der Waals surface area contributed by atoms with Crippen molar-refractivity contribution in [3.63, 3.8) is 0 Å². The number of para-hydroxylation sites is 2. The summed E-state index contributed by atoms with van der Waals surface area (Å²) in [4.78, 5) is 28.2. The first-order valence-electron chi connectivity index (χ1n) is 17.9. The van der Waals surface area contributed by atoms with Crippen molar-refractivity contribution in [2.75, 3.05) is 22.9 Å². The molecule has 53 heavy (non-hydrogen) atoms. The molecule has 278 valence electrons. The van der Waals surface area contributed by atoms with Gasteiger partial charge in [-0.1, -0.05) is 66.7 Å². The zero-order valence-corrected chi connectivity index (χ0v) is 31.7. The Hall–Kier alpha value is -4.97. The number of carbonyl (C=O) groups excluding carboxylic acids is 2. The van der Waals surface area contributed by atoms with Crippen LogP contribution in [-0.4, -0.2) is 49.6 Å². The Morgan fingerprint density at radius 2 is 1.38 bits per heavy atom. The van der Waals surface area contributed by atoms with E-state index >= 15 is 0 Å². The molecule has 1 fully saturated rings. The molecule has 0 bridgehead atoms. The van der Waals surface area contributed by atoms with Gasteiger partial charge in [-0.05, 0) is 92.3 Å². The Labute approximate surface area is 312 Å². The molecule has 0 radical (unpaired) electrons. The lowest BCUT2D eigenvalue weighted by Crippen LogP contribution is -2.51. The van der Waals surface area contributed by atoms with Crippen molar-refractivity contribution in [1.82, 2.24) is 0 Å². The van der Waals surface area contributed by atoms with Crippen molar-refractivity contribution in [2.24, 2.45) is 17.4 Å². The molecule has 11 heteroatoms. The van der Waals surface area contributed by atoms with Crippen LogP contribution in [0.2, 0.25) is 0 Å². The van der Waals surface area contributed by atoms with Gasteiger partial charge in [0.1, 0.15) is 0 Å². The first-order valence-corrected chi connectivity index (χ1v) is 19.3. The Bertz CT molecular complexity index is 2150. The third-order valence-electron chi connectivity index (χ3n) is 10.7. The molecule has 1 saturated heterocycles. The molecule has 1 heterocycles. The smallest absolute Gasteiger partial charge is 0.294 e. The number of rotatable bonds is 12. The molecule has 4 unspecified atom stereocenters. The van der Waals surface area contributed by atoms with E-state index < -0.39 is 39.6 Å². The van der Waals surface area contributed by atoms with E-state index in [1.165, 1.54) is 6.07 Å². The molecular formula is C42H48N4O6S. The van der Waals surface area contributed by atoms with E-state index in [-0.39, 0.29) is 23.7 Å². The number of carbonyl (C=O) groups is 2. The maximum absolute atomic E-state index is 12.8. The van der Waals surface area contributed by atoms with Crippen LogP contribution >= 0.6 is 0 Å². The highest BCUT2D eigenvalue weighted by molar-refractivity contribution is 7.85. The lowest BCUT2D eigenvalue weighted by molar-refractivity contribution is -0.118. The fourth-order valence-corrected chi connectivity index (χ4v) is 9.12. The average Bonchev–Trinajstić information content (AvgIpc) is 3.08. The number of nitrogens with zero attached hydrogens (tertiary/aromatic N) is 2. The van der Waals surface area contributed by atoms with Crippen molar-refractivity contribution < 1.29 is 27.3 Å². The molecule has 4 atom stereocenters. The Morgan fingerprint density at radius 1 is 0.830 bits per heavy atom. The summed E-state index contributed by atoms with van der Waals surface area (Å²) in [5, 5.41) is 0. The Morgan fingerprint density at radius 3 is 1.94 bits per heavy atom. The SMILES string of the molecule is Cc1cccc(C)c1N(CCC(N)=O)C1=CC2OC3(C)CC(N(CCC(N)=O)c4c(C)cccc4C)=CC=C3C(c3ccccc3S(=O)(=O)O)C2C=C1. The van der Waals surface area contributed by atoms with Crippen LogP contribution in [0.4, 0.5) is 11.4 Å². The van der Waals surface area contributed by atoms with E-state index in [9.17, 15) is 22.6 Å². The summed E-state index contributed by atoms with van der Waals surface area (Å²) in [6.07, 6.45) is 10.3. The first kappa shape index (κ1) is 37.8. The van der Waals surface area contributed by atoms with Gasteiger partial charge in [0, 0.05) is 67.0 Å². The average molecular weight is 737 g/mol. The van der Waals surface area contributed by atoms with Crippen LogP contribution in [0.1, 0.15) is 59.9 Å². The minimum absolute atomic E-state index is 0.135. The van der Waals surface area contributed by atoms with E-state index in [2.05, 4.69) is 15.9 Å². The zero-order valence-electron chi connectivity index (χ0n) is 30.9. The molecule has 5 N–H and O–H groups in total. The summed E-state index contributed by atoms with van der Waals surface area (Å²) in [5.41, 5.74) is 19.6. The predicted molar refractivity (Wildman–Crippen MR) is 208 cm³/mol. The zero-order chi connectivity index (χ0) is 38.2. The van der Waals surface area contributed by atoms with Gasteiger partial charge < -0.3 is 26.0 Å². The number of hydrogen-bond acceptors (Lipinski definition) is 7. The fourth-order valence-electron chi connectivity index (χ4n) is 8.37. The molecule has 6 rings (SSSR count). The van der Waals surface area contributed by atoms with Gasteiger partial charge in [-0.15, -0.1) is 0 Å². The van der Waals surface area contributed by atoms with Crippen molar-refractivity contribution in [2.45, 2.75) is 76.4 Å². The summed E-state index contributed by atoms with van der Waals surface area (Å²) in [7, 11) is -4.58. The second kappa shape index (κ2) is 14.8. The van der Waals surface area contributed by atoms with Gasteiger partial charge in [-0.25, -0.2) is 0 Å². The summed E-state index contributed by atoms with van der Waals surface area (Å²) >= 11 is 0. The first-order chi connectivity index (χ1) is 25.1. The van der Waals surface area contributed by atoms with Crippen LogP contribution in [0.15, 0.2) is 113 Å². The van der Waals surface area contributed by atoms with Gasteiger partial charge in [0.15, 0.2) is 0 Å². The lowest BCUT2D eigenvalue weighted by Gasteiger charge is -2.52. The molecule has 0 saturated carbocycles. The van der Waals surface area contributed by atoms with Crippen LogP contribution in [0, 0.1) is 33.6 Å². The molecule has 2 aliphatic carbocycles. The summed E-state index contributed by atoms with van der Waals surface area (Å²) in [5.74, 6) is -1.64. The van der Waals surface area contributed by atoms with Gasteiger partial charge in [-0.3, -0.25) is 14.1 Å². The number of amides is 2. The molecule has 1 aliphatic heterocycles. The van der Waals surface area contributed by atoms with Crippen molar-refractivity contribution in [3.05, 3.63) is 136 Å². The number of primary amides is 2. The normalized spacial score (nSPS) is 22.2. The Balaban J connectivity index is 1.51. The van der Waals surface area contributed by atoms with E-state index in [1.807, 2.05) is 95.3 Å². The highest BCUT2D eigenvalue weighted by atomic mass is 32.2. The largest absolute Gasteiger partial charge is 0.370 e. The highest BCUT2D eigenvalue weighted by Crippen LogP contribution is 2.54.